The van der Waals surface area contributed by atoms with Crippen molar-refractivity contribution in [3.05, 3.63) is 65.7 Å². The van der Waals surface area contributed by atoms with Crippen LogP contribution in [0.4, 0.5) is 5.69 Å². The van der Waals surface area contributed by atoms with Crippen molar-refractivity contribution in [3.8, 4) is 11.4 Å². The fraction of sp³-hybridized carbons (Fsp3) is 0.238. The third-order valence-corrected chi connectivity index (χ3v) is 4.38. The summed E-state index contributed by atoms with van der Waals surface area (Å²) >= 11 is 0. The molecule has 0 saturated carbocycles. The zero-order chi connectivity index (χ0) is 20.1. The Balaban J connectivity index is 1.66. The second-order valence-corrected chi connectivity index (χ2v) is 6.40. The molecule has 0 aliphatic heterocycles. The average Bonchev–Trinajstić information content (AvgIpc) is 3.05. The minimum absolute atomic E-state index is 0.367. The Kier molecular flexibility index (Phi) is 5.84. The topological polar surface area (TPSA) is 97.0 Å². The van der Waals surface area contributed by atoms with Crippen LogP contribution < -0.4 is 5.32 Å². The van der Waals surface area contributed by atoms with E-state index in [9.17, 15) is 9.59 Å². The lowest BCUT2D eigenvalue weighted by Crippen LogP contribution is -2.32. The molecule has 1 atom stereocenters. The minimum Gasteiger partial charge on any atom is -0.449 e. The van der Waals surface area contributed by atoms with E-state index in [0.717, 1.165) is 22.8 Å². The zero-order valence-electron chi connectivity index (χ0n) is 16.0. The maximum absolute atomic E-state index is 12.4. The molecule has 28 heavy (non-hydrogen) atoms. The molecule has 0 saturated heterocycles. The first-order valence-corrected chi connectivity index (χ1v) is 9.03. The predicted octanol–water partition coefficient (Wildman–Crippen LogP) is 3.66. The van der Waals surface area contributed by atoms with Crippen LogP contribution in [0.3, 0.4) is 0 Å². The van der Waals surface area contributed by atoms with Crippen LogP contribution >= 0.6 is 0 Å². The van der Waals surface area contributed by atoms with Gasteiger partial charge in [0.05, 0.1) is 11.3 Å². The predicted molar refractivity (Wildman–Crippen MR) is 106 cm³/mol. The van der Waals surface area contributed by atoms with Gasteiger partial charge in [-0.05, 0) is 44.5 Å². The largest absolute Gasteiger partial charge is 0.449 e. The maximum atomic E-state index is 12.4. The van der Waals surface area contributed by atoms with Gasteiger partial charge in [0.25, 0.3) is 5.91 Å². The zero-order valence-corrected chi connectivity index (χ0v) is 16.0. The van der Waals surface area contributed by atoms with E-state index in [2.05, 4.69) is 20.3 Å². The van der Waals surface area contributed by atoms with Gasteiger partial charge in [-0.3, -0.25) is 9.78 Å². The standard InChI is InChI=1S/C21H22N4O3/c1-4-18(20(26)25-17-9-11-22-12-10-17)28-21(27)16-7-5-15(6-8-16)19-23-13(2)14(3)24-19/h5-12,18H,4H2,1-3H3,(H,23,24)(H,22,25,26). The number of aromatic nitrogens is 3. The molecule has 2 N–H and O–H groups in total. The van der Waals surface area contributed by atoms with Crippen molar-refractivity contribution in [2.45, 2.75) is 33.3 Å². The van der Waals surface area contributed by atoms with E-state index < -0.39 is 12.1 Å². The van der Waals surface area contributed by atoms with Gasteiger partial charge in [-0.2, -0.15) is 0 Å². The molecule has 0 spiro atoms. The third-order valence-electron chi connectivity index (χ3n) is 4.38. The van der Waals surface area contributed by atoms with Crippen molar-refractivity contribution in [2.75, 3.05) is 5.32 Å². The molecule has 0 aliphatic rings. The first-order chi connectivity index (χ1) is 13.5. The van der Waals surface area contributed by atoms with Crippen LogP contribution in [0.15, 0.2) is 48.8 Å². The Morgan fingerprint density at radius 2 is 1.79 bits per heavy atom. The van der Waals surface area contributed by atoms with Gasteiger partial charge in [0.1, 0.15) is 5.82 Å². The third kappa shape index (κ3) is 4.43. The number of aryl methyl sites for hydroxylation is 2. The Bertz CT molecular complexity index is 946. The number of carbonyl (C=O) groups is 2. The molecular formula is C21H22N4O3. The lowest BCUT2D eigenvalue weighted by Gasteiger charge is -2.16. The van der Waals surface area contributed by atoms with Crippen molar-refractivity contribution in [2.24, 2.45) is 0 Å². The molecule has 0 radical (unpaired) electrons. The van der Waals surface area contributed by atoms with Crippen LogP contribution in [0.1, 0.15) is 35.1 Å². The number of carbonyl (C=O) groups excluding carboxylic acids is 2. The molecule has 0 aliphatic carbocycles. The number of benzene rings is 1. The number of anilines is 1. The molecule has 1 unspecified atom stereocenters. The van der Waals surface area contributed by atoms with Gasteiger partial charge in [-0.1, -0.05) is 19.1 Å². The van der Waals surface area contributed by atoms with E-state index in [1.54, 1.807) is 55.7 Å². The van der Waals surface area contributed by atoms with Crippen molar-refractivity contribution in [3.63, 3.8) is 0 Å². The molecule has 0 bridgehead atoms. The highest BCUT2D eigenvalue weighted by molar-refractivity contribution is 5.97. The Morgan fingerprint density at radius 3 is 2.36 bits per heavy atom. The highest BCUT2D eigenvalue weighted by Gasteiger charge is 2.22. The van der Waals surface area contributed by atoms with Gasteiger partial charge in [0, 0.05) is 29.3 Å². The number of pyridine rings is 1. The second kappa shape index (κ2) is 8.47. The van der Waals surface area contributed by atoms with E-state index >= 15 is 0 Å². The fourth-order valence-corrected chi connectivity index (χ4v) is 2.63. The summed E-state index contributed by atoms with van der Waals surface area (Å²) in [5.41, 5.74) is 3.78. The summed E-state index contributed by atoms with van der Waals surface area (Å²) in [5, 5.41) is 2.72. The molecule has 0 fully saturated rings. The van der Waals surface area contributed by atoms with E-state index in [1.807, 2.05) is 13.8 Å². The van der Waals surface area contributed by atoms with Crippen LogP contribution in [-0.2, 0) is 9.53 Å². The quantitative estimate of drug-likeness (QED) is 0.638. The van der Waals surface area contributed by atoms with Gasteiger partial charge >= 0.3 is 5.97 Å². The number of imidazole rings is 1. The molecule has 2 heterocycles. The van der Waals surface area contributed by atoms with Gasteiger partial charge in [-0.25, -0.2) is 9.78 Å². The Hall–Kier alpha value is -3.48. The first kappa shape index (κ1) is 19.3. The molecule has 7 heteroatoms. The second-order valence-electron chi connectivity index (χ2n) is 6.40. The number of hydrogen-bond acceptors (Lipinski definition) is 5. The molecule has 7 nitrogen and oxygen atoms in total. The summed E-state index contributed by atoms with van der Waals surface area (Å²) < 4.78 is 5.40. The summed E-state index contributed by atoms with van der Waals surface area (Å²) in [7, 11) is 0. The molecular weight excluding hydrogens is 356 g/mol. The van der Waals surface area contributed by atoms with Crippen LogP contribution in [0.5, 0.6) is 0 Å². The van der Waals surface area contributed by atoms with Crippen LogP contribution in [-0.4, -0.2) is 32.9 Å². The molecule has 1 aromatic carbocycles. The van der Waals surface area contributed by atoms with Crippen LogP contribution in [0, 0.1) is 13.8 Å². The normalized spacial score (nSPS) is 11.7. The van der Waals surface area contributed by atoms with E-state index in [0.29, 0.717) is 17.7 Å². The monoisotopic (exact) mass is 378 g/mol. The molecule has 3 rings (SSSR count). The highest BCUT2D eigenvalue weighted by atomic mass is 16.5. The van der Waals surface area contributed by atoms with Gasteiger partial charge in [0.2, 0.25) is 0 Å². The fourth-order valence-electron chi connectivity index (χ4n) is 2.63. The summed E-state index contributed by atoms with van der Waals surface area (Å²) in [6, 6.07) is 10.3. The highest BCUT2D eigenvalue weighted by Crippen LogP contribution is 2.19. The summed E-state index contributed by atoms with van der Waals surface area (Å²) in [4.78, 5) is 36.4. The SMILES string of the molecule is CCC(OC(=O)c1ccc(-c2nc(C)c(C)[nH]2)cc1)C(=O)Nc1ccncc1. The number of rotatable bonds is 6. The van der Waals surface area contributed by atoms with Gasteiger partial charge in [0.15, 0.2) is 6.10 Å². The van der Waals surface area contributed by atoms with Crippen molar-refractivity contribution >= 4 is 17.6 Å². The number of aromatic amines is 1. The molecule has 3 aromatic rings. The van der Waals surface area contributed by atoms with E-state index in [4.69, 9.17) is 4.74 Å². The lowest BCUT2D eigenvalue weighted by molar-refractivity contribution is -0.124. The minimum atomic E-state index is -0.879. The van der Waals surface area contributed by atoms with Crippen LogP contribution in [0.2, 0.25) is 0 Å². The number of hydrogen-bond donors (Lipinski definition) is 2. The van der Waals surface area contributed by atoms with Gasteiger partial charge < -0.3 is 15.0 Å². The summed E-state index contributed by atoms with van der Waals surface area (Å²) in [5.74, 6) is -0.173. The first-order valence-electron chi connectivity index (χ1n) is 9.03. The number of nitrogens with one attached hydrogen (secondary N) is 2. The van der Waals surface area contributed by atoms with E-state index in [-0.39, 0.29) is 5.91 Å². The number of amides is 1. The molecule has 1 amide bonds. The Morgan fingerprint density at radius 1 is 1.11 bits per heavy atom. The van der Waals surface area contributed by atoms with Crippen molar-refractivity contribution in [1.82, 2.24) is 15.0 Å². The number of ether oxygens (including phenoxy) is 1. The number of H-pyrrole nitrogens is 1. The van der Waals surface area contributed by atoms with Crippen molar-refractivity contribution in [1.29, 1.82) is 0 Å². The van der Waals surface area contributed by atoms with Crippen LogP contribution in [0.25, 0.3) is 11.4 Å². The summed E-state index contributed by atoms with van der Waals surface area (Å²) in [6.07, 6.45) is 2.64. The van der Waals surface area contributed by atoms with E-state index in [1.165, 1.54) is 0 Å². The lowest BCUT2D eigenvalue weighted by atomic mass is 10.1. The molecule has 144 valence electrons. The average molecular weight is 378 g/mol. The maximum Gasteiger partial charge on any atom is 0.338 e. The van der Waals surface area contributed by atoms with Crippen molar-refractivity contribution < 1.29 is 14.3 Å². The Labute approximate surface area is 163 Å². The smallest absolute Gasteiger partial charge is 0.338 e. The van der Waals surface area contributed by atoms with Gasteiger partial charge in [-0.15, -0.1) is 0 Å². The number of esters is 1. The summed E-state index contributed by atoms with van der Waals surface area (Å²) in [6.45, 7) is 5.68. The number of nitrogens with zero attached hydrogens (tertiary/aromatic N) is 2. The molecule has 2 aromatic heterocycles.